The molecular formula is C20H24F3N5O3S. The average Bonchev–Trinajstić information content (AvgIpc) is 3.42. The lowest BCUT2D eigenvalue weighted by Crippen LogP contribution is -2.64. The monoisotopic (exact) mass is 471 g/mol. The number of thiophene rings is 1. The van der Waals surface area contributed by atoms with Crippen molar-refractivity contribution in [3.05, 3.63) is 34.8 Å². The van der Waals surface area contributed by atoms with Gasteiger partial charge >= 0.3 is 12.1 Å². The van der Waals surface area contributed by atoms with Gasteiger partial charge in [0.05, 0.1) is 17.8 Å². The summed E-state index contributed by atoms with van der Waals surface area (Å²) in [6, 6.07) is 2.03. The lowest BCUT2D eigenvalue weighted by atomic mass is 9.93. The Kier molecular flexibility index (Phi) is 7.03. The van der Waals surface area contributed by atoms with Crippen LogP contribution in [0, 0.1) is 0 Å². The minimum Gasteiger partial charge on any atom is -0.475 e. The van der Waals surface area contributed by atoms with Crippen LogP contribution in [0.4, 0.5) is 24.8 Å². The zero-order valence-corrected chi connectivity index (χ0v) is 18.5. The number of halogens is 3. The normalized spacial score (nSPS) is 21.6. The smallest absolute Gasteiger partial charge is 0.475 e. The molecule has 2 aliphatic heterocycles. The number of amides is 1. The Morgan fingerprint density at radius 2 is 1.94 bits per heavy atom. The molecule has 0 saturated carbocycles. The highest BCUT2D eigenvalue weighted by molar-refractivity contribution is 7.08. The molecule has 12 heteroatoms. The molecule has 174 valence electrons. The first kappa shape index (κ1) is 23.9. The van der Waals surface area contributed by atoms with Gasteiger partial charge in [-0.3, -0.25) is 9.69 Å². The first-order valence-corrected chi connectivity index (χ1v) is 10.9. The fourth-order valence-electron chi connectivity index (χ4n) is 3.77. The Morgan fingerprint density at radius 3 is 2.47 bits per heavy atom. The molecule has 2 saturated heterocycles. The van der Waals surface area contributed by atoms with Crippen LogP contribution in [0.25, 0.3) is 0 Å². The number of piperazine rings is 1. The topological polar surface area (TPSA) is 89.9 Å². The van der Waals surface area contributed by atoms with E-state index in [0.717, 1.165) is 49.7 Å². The number of anilines is 2. The molecule has 0 aromatic carbocycles. The highest BCUT2D eigenvalue weighted by atomic mass is 32.1. The standard InChI is InChI=1S/C18H23N5OS.C2HF3O2/c1-3-14-8-19-17(20-9-14)22-6-5-18(12-22)13-23(15-4-7-25-11-15)16(24)10-21(18)2;3-2(4,5)1(6)7/h4,7-9,11H,3,5-6,10,12-13H2,1-2H3;(H,6,7). The van der Waals surface area contributed by atoms with Crippen molar-refractivity contribution >= 4 is 34.8 Å². The molecule has 2 fully saturated rings. The number of aliphatic carboxylic acids is 1. The number of aryl methyl sites for hydroxylation is 1. The van der Waals surface area contributed by atoms with E-state index in [1.54, 1.807) is 11.3 Å². The van der Waals surface area contributed by atoms with Crippen LogP contribution >= 0.6 is 11.3 Å². The summed E-state index contributed by atoms with van der Waals surface area (Å²) in [6.45, 7) is 5.06. The molecule has 2 aromatic heterocycles. The summed E-state index contributed by atoms with van der Waals surface area (Å²) in [7, 11) is 2.06. The van der Waals surface area contributed by atoms with Gasteiger partial charge in [0.2, 0.25) is 11.9 Å². The third-order valence-corrected chi connectivity index (χ3v) is 6.38. The molecule has 0 bridgehead atoms. The van der Waals surface area contributed by atoms with Gasteiger partial charge in [0.25, 0.3) is 0 Å². The number of hydrogen-bond acceptors (Lipinski definition) is 7. The van der Waals surface area contributed by atoms with Gasteiger partial charge in [0.1, 0.15) is 0 Å². The molecule has 2 aliphatic rings. The van der Waals surface area contributed by atoms with Crippen molar-refractivity contribution in [1.29, 1.82) is 0 Å². The molecule has 0 aliphatic carbocycles. The lowest BCUT2D eigenvalue weighted by molar-refractivity contribution is -0.192. The summed E-state index contributed by atoms with van der Waals surface area (Å²) in [5.74, 6) is -1.79. The summed E-state index contributed by atoms with van der Waals surface area (Å²) >= 11 is 1.63. The minimum atomic E-state index is -5.08. The quantitative estimate of drug-likeness (QED) is 0.736. The van der Waals surface area contributed by atoms with Crippen LogP contribution < -0.4 is 9.80 Å². The van der Waals surface area contributed by atoms with Gasteiger partial charge in [-0.1, -0.05) is 6.92 Å². The fourth-order valence-corrected chi connectivity index (χ4v) is 4.41. The largest absolute Gasteiger partial charge is 0.490 e. The number of rotatable bonds is 3. The van der Waals surface area contributed by atoms with E-state index in [2.05, 4.69) is 39.1 Å². The van der Waals surface area contributed by atoms with Crippen LogP contribution in [-0.4, -0.2) is 76.8 Å². The van der Waals surface area contributed by atoms with Crippen LogP contribution in [0.3, 0.4) is 0 Å². The highest BCUT2D eigenvalue weighted by Crippen LogP contribution is 2.35. The molecule has 1 spiro atoms. The molecule has 8 nitrogen and oxygen atoms in total. The molecule has 1 unspecified atom stereocenters. The SMILES string of the molecule is CCc1cnc(N2CCC3(C2)CN(c2ccsc2)C(=O)CN3C)nc1.O=C(O)C(F)(F)F. The Morgan fingerprint density at radius 1 is 1.28 bits per heavy atom. The number of aromatic nitrogens is 2. The number of carbonyl (C=O) groups is 2. The van der Waals surface area contributed by atoms with Crippen molar-refractivity contribution in [2.24, 2.45) is 0 Å². The van der Waals surface area contributed by atoms with Gasteiger partial charge in [-0.2, -0.15) is 24.5 Å². The van der Waals surface area contributed by atoms with E-state index in [1.807, 2.05) is 28.7 Å². The number of hydrogen-bond donors (Lipinski definition) is 1. The van der Waals surface area contributed by atoms with E-state index >= 15 is 0 Å². The lowest BCUT2D eigenvalue weighted by Gasteiger charge is -2.46. The van der Waals surface area contributed by atoms with Crippen LogP contribution in [0.5, 0.6) is 0 Å². The zero-order valence-electron chi connectivity index (χ0n) is 17.7. The van der Waals surface area contributed by atoms with Gasteiger partial charge in [-0.05, 0) is 36.9 Å². The molecule has 0 radical (unpaired) electrons. The van der Waals surface area contributed by atoms with Gasteiger partial charge in [-0.25, -0.2) is 14.8 Å². The highest BCUT2D eigenvalue weighted by Gasteiger charge is 2.48. The number of carboxylic acids is 1. The second kappa shape index (κ2) is 9.41. The number of nitrogens with zero attached hydrogens (tertiary/aromatic N) is 5. The number of alkyl halides is 3. The van der Waals surface area contributed by atoms with Crippen LogP contribution in [0.2, 0.25) is 0 Å². The predicted octanol–water partition coefficient (Wildman–Crippen LogP) is 2.66. The Labute approximate surface area is 187 Å². The summed E-state index contributed by atoms with van der Waals surface area (Å²) in [5.41, 5.74) is 2.13. The second-order valence-electron chi connectivity index (χ2n) is 7.76. The summed E-state index contributed by atoms with van der Waals surface area (Å²) < 4.78 is 31.7. The summed E-state index contributed by atoms with van der Waals surface area (Å²) in [6.07, 6.45) is 0.708. The van der Waals surface area contributed by atoms with Gasteiger partial charge < -0.3 is 14.9 Å². The van der Waals surface area contributed by atoms with Crippen molar-refractivity contribution < 1.29 is 27.9 Å². The van der Waals surface area contributed by atoms with Crippen molar-refractivity contribution in [2.45, 2.75) is 31.5 Å². The average molecular weight is 472 g/mol. The molecule has 4 heterocycles. The molecule has 1 atom stereocenters. The molecular weight excluding hydrogens is 447 g/mol. The maximum Gasteiger partial charge on any atom is 0.490 e. The molecule has 1 amide bonds. The van der Waals surface area contributed by atoms with E-state index < -0.39 is 12.1 Å². The zero-order chi connectivity index (χ0) is 23.5. The fraction of sp³-hybridized carbons (Fsp3) is 0.500. The molecule has 32 heavy (non-hydrogen) atoms. The van der Waals surface area contributed by atoms with E-state index in [1.165, 1.54) is 0 Å². The number of carbonyl (C=O) groups excluding carboxylic acids is 1. The first-order chi connectivity index (χ1) is 15.1. The van der Waals surface area contributed by atoms with Gasteiger partial charge in [0.15, 0.2) is 0 Å². The van der Waals surface area contributed by atoms with Crippen molar-refractivity contribution in [1.82, 2.24) is 14.9 Å². The van der Waals surface area contributed by atoms with E-state index in [4.69, 9.17) is 9.90 Å². The minimum absolute atomic E-state index is 0.0391. The summed E-state index contributed by atoms with van der Waals surface area (Å²) in [5, 5.41) is 11.2. The predicted molar refractivity (Wildman–Crippen MR) is 114 cm³/mol. The molecule has 2 aromatic rings. The van der Waals surface area contributed by atoms with Crippen molar-refractivity contribution in [3.8, 4) is 0 Å². The summed E-state index contributed by atoms with van der Waals surface area (Å²) in [4.78, 5) is 36.9. The van der Waals surface area contributed by atoms with Crippen LogP contribution in [-0.2, 0) is 16.0 Å². The van der Waals surface area contributed by atoms with Gasteiger partial charge in [-0.15, -0.1) is 0 Å². The maximum atomic E-state index is 12.5. The Hall–Kier alpha value is -2.73. The third kappa shape index (κ3) is 5.18. The Bertz CT molecular complexity index is 939. The van der Waals surface area contributed by atoms with Gasteiger partial charge in [0, 0.05) is 37.4 Å². The Balaban J connectivity index is 0.000000360. The second-order valence-corrected chi connectivity index (χ2v) is 8.54. The number of likely N-dealkylation sites (N-methyl/N-ethyl adjacent to an activating group) is 1. The molecule has 1 N–H and O–H groups in total. The van der Waals surface area contributed by atoms with Crippen molar-refractivity contribution in [2.75, 3.05) is 43.0 Å². The van der Waals surface area contributed by atoms with E-state index in [9.17, 15) is 18.0 Å². The van der Waals surface area contributed by atoms with E-state index in [-0.39, 0.29) is 11.4 Å². The number of carboxylic acid groups (broad SMARTS) is 1. The van der Waals surface area contributed by atoms with E-state index in [0.29, 0.717) is 6.54 Å². The van der Waals surface area contributed by atoms with Crippen LogP contribution in [0.1, 0.15) is 18.9 Å². The van der Waals surface area contributed by atoms with Crippen molar-refractivity contribution in [3.63, 3.8) is 0 Å². The maximum absolute atomic E-state index is 12.5. The van der Waals surface area contributed by atoms with Crippen LogP contribution in [0.15, 0.2) is 29.2 Å². The third-order valence-electron chi connectivity index (χ3n) is 5.71. The first-order valence-electron chi connectivity index (χ1n) is 9.95. The molecule has 4 rings (SSSR count).